The first kappa shape index (κ1) is 13.4. The molecule has 0 aromatic carbocycles. The van der Waals surface area contributed by atoms with Crippen LogP contribution >= 0.6 is 0 Å². The van der Waals surface area contributed by atoms with E-state index < -0.39 is 18.3 Å². The van der Waals surface area contributed by atoms with Crippen LogP contribution in [-0.4, -0.2) is 47.7 Å². The van der Waals surface area contributed by atoms with Crippen LogP contribution in [0.1, 0.15) is 32.6 Å². The molecule has 1 aliphatic heterocycles. The Labute approximate surface area is 95.4 Å². The summed E-state index contributed by atoms with van der Waals surface area (Å²) in [5.41, 5.74) is 0. The number of hydrogen-bond donors (Lipinski definition) is 2. The summed E-state index contributed by atoms with van der Waals surface area (Å²) in [4.78, 5) is 11.4. The second-order valence-electron chi connectivity index (χ2n) is 4.08. The normalized spacial score (nSPS) is 30.1. The van der Waals surface area contributed by atoms with Gasteiger partial charge in [0.25, 0.3) is 0 Å². The van der Waals surface area contributed by atoms with Crippen molar-refractivity contribution < 1.29 is 24.5 Å². The van der Waals surface area contributed by atoms with E-state index in [2.05, 4.69) is 6.92 Å². The number of aliphatic hydroxyl groups is 2. The van der Waals surface area contributed by atoms with E-state index in [1.807, 2.05) is 0 Å². The van der Waals surface area contributed by atoms with Crippen molar-refractivity contribution in [3.05, 3.63) is 0 Å². The molecule has 0 unspecified atom stereocenters. The first-order valence-electron chi connectivity index (χ1n) is 5.78. The summed E-state index contributed by atoms with van der Waals surface area (Å²) in [5.74, 6) is -0.363. The quantitative estimate of drug-likeness (QED) is 0.524. The number of aliphatic hydroxyl groups excluding tert-OH is 2. The lowest BCUT2D eigenvalue weighted by molar-refractivity contribution is -0.188. The number of unbranched alkanes of at least 4 members (excludes halogenated alkanes) is 2. The van der Waals surface area contributed by atoms with E-state index >= 15 is 0 Å². The van der Waals surface area contributed by atoms with Crippen LogP contribution in [0.4, 0.5) is 0 Å². The highest BCUT2D eigenvalue weighted by molar-refractivity contribution is 5.69. The molecule has 0 aliphatic carbocycles. The van der Waals surface area contributed by atoms with Gasteiger partial charge in [-0.05, 0) is 6.42 Å². The maximum Gasteiger partial charge on any atom is 0.306 e. The molecular weight excluding hydrogens is 212 g/mol. The molecule has 16 heavy (non-hydrogen) atoms. The van der Waals surface area contributed by atoms with Gasteiger partial charge < -0.3 is 19.7 Å². The second-order valence-corrected chi connectivity index (χ2v) is 4.08. The van der Waals surface area contributed by atoms with Crippen molar-refractivity contribution in [3.63, 3.8) is 0 Å². The van der Waals surface area contributed by atoms with Gasteiger partial charge in [0, 0.05) is 6.42 Å². The molecule has 1 fully saturated rings. The minimum atomic E-state index is -0.932. The van der Waals surface area contributed by atoms with Crippen molar-refractivity contribution in [3.8, 4) is 0 Å². The van der Waals surface area contributed by atoms with Crippen LogP contribution in [-0.2, 0) is 14.3 Å². The molecule has 1 rings (SSSR count). The van der Waals surface area contributed by atoms with E-state index in [-0.39, 0.29) is 19.2 Å². The lowest BCUT2D eigenvalue weighted by Crippen LogP contribution is -2.49. The Kier molecular flexibility index (Phi) is 5.73. The van der Waals surface area contributed by atoms with Gasteiger partial charge >= 0.3 is 5.97 Å². The number of hydrogen-bond acceptors (Lipinski definition) is 5. The van der Waals surface area contributed by atoms with Gasteiger partial charge in [-0.1, -0.05) is 19.8 Å². The molecule has 0 amide bonds. The molecule has 0 aromatic rings. The molecule has 5 nitrogen and oxygen atoms in total. The minimum absolute atomic E-state index is 0.101. The Morgan fingerprint density at radius 3 is 2.50 bits per heavy atom. The van der Waals surface area contributed by atoms with Gasteiger partial charge in [0.15, 0.2) is 6.10 Å². The van der Waals surface area contributed by atoms with Crippen molar-refractivity contribution in [1.29, 1.82) is 0 Å². The van der Waals surface area contributed by atoms with Crippen molar-refractivity contribution in [2.24, 2.45) is 0 Å². The molecule has 0 spiro atoms. The predicted octanol–water partition coefficient (Wildman–Crippen LogP) is 0.230. The van der Waals surface area contributed by atoms with Crippen molar-refractivity contribution in [2.45, 2.75) is 50.9 Å². The van der Waals surface area contributed by atoms with Gasteiger partial charge in [0.05, 0.1) is 13.2 Å². The number of carbonyl (C=O) groups is 1. The number of rotatable bonds is 5. The summed E-state index contributed by atoms with van der Waals surface area (Å²) in [6, 6.07) is 0. The molecule has 1 aliphatic rings. The first-order valence-corrected chi connectivity index (χ1v) is 5.78. The molecule has 1 saturated heterocycles. The zero-order chi connectivity index (χ0) is 12.0. The molecule has 0 radical (unpaired) electrons. The second kappa shape index (κ2) is 6.83. The van der Waals surface area contributed by atoms with Gasteiger partial charge in [-0.2, -0.15) is 0 Å². The van der Waals surface area contributed by atoms with Crippen LogP contribution in [0.15, 0.2) is 0 Å². The van der Waals surface area contributed by atoms with E-state index in [9.17, 15) is 15.0 Å². The first-order chi connectivity index (χ1) is 7.65. The van der Waals surface area contributed by atoms with Crippen LogP contribution in [0.25, 0.3) is 0 Å². The average molecular weight is 232 g/mol. The van der Waals surface area contributed by atoms with Gasteiger partial charge in [0.1, 0.15) is 12.2 Å². The summed E-state index contributed by atoms with van der Waals surface area (Å²) < 4.78 is 9.96. The van der Waals surface area contributed by atoms with Gasteiger partial charge in [-0.3, -0.25) is 4.79 Å². The highest BCUT2D eigenvalue weighted by Gasteiger charge is 2.34. The third-order valence-electron chi connectivity index (χ3n) is 2.59. The highest BCUT2D eigenvalue weighted by atomic mass is 16.6. The fraction of sp³-hybridized carbons (Fsp3) is 0.909. The molecule has 3 atom stereocenters. The lowest BCUT2D eigenvalue weighted by atomic mass is 10.1. The highest BCUT2D eigenvalue weighted by Crippen LogP contribution is 2.14. The Bertz CT molecular complexity index is 208. The SMILES string of the molecule is CCCCCC(=O)O[C@H]1[C@H](O)COC[C@@H]1O. The maximum absolute atomic E-state index is 11.4. The third kappa shape index (κ3) is 4.08. The Morgan fingerprint density at radius 1 is 1.31 bits per heavy atom. The topological polar surface area (TPSA) is 76.0 Å². The standard InChI is InChI=1S/C11H20O5/c1-2-3-4-5-10(14)16-11-8(12)6-15-7-9(11)13/h8-9,11-13H,2-7H2,1H3/t8-,9+,11+. The number of esters is 1. The molecule has 0 saturated carbocycles. The Hall–Kier alpha value is -0.650. The average Bonchev–Trinajstić information content (AvgIpc) is 2.24. The zero-order valence-corrected chi connectivity index (χ0v) is 9.59. The van der Waals surface area contributed by atoms with E-state index in [4.69, 9.17) is 9.47 Å². The monoisotopic (exact) mass is 232 g/mol. The molecule has 2 N–H and O–H groups in total. The summed E-state index contributed by atoms with van der Waals surface area (Å²) in [5, 5.41) is 19.0. The fourth-order valence-corrected chi connectivity index (χ4v) is 1.64. The van der Waals surface area contributed by atoms with Crippen LogP contribution in [0.5, 0.6) is 0 Å². The molecule has 5 heteroatoms. The zero-order valence-electron chi connectivity index (χ0n) is 9.59. The predicted molar refractivity (Wildman–Crippen MR) is 56.9 cm³/mol. The van der Waals surface area contributed by atoms with Crippen LogP contribution in [0.2, 0.25) is 0 Å². The molecule has 94 valence electrons. The summed E-state index contributed by atoms with van der Waals surface area (Å²) in [6.07, 6.45) is 0.430. The molecule has 1 heterocycles. The van der Waals surface area contributed by atoms with Gasteiger partial charge in [-0.15, -0.1) is 0 Å². The number of carbonyl (C=O) groups excluding carboxylic acids is 1. The molecule has 0 bridgehead atoms. The fourth-order valence-electron chi connectivity index (χ4n) is 1.64. The van der Waals surface area contributed by atoms with Gasteiger partial charge in [-0.25, -0.2) is 0 Å². The van der Waals surface area contributed by atoms with Crippen molar-refractivity contribution in [2.75, 3.05) is 13.2 Å². The van der Waals surface area contributed by atoms with Crippen LogP contribution in [0, 0.1) is 0 Å². The van der Waals surface area contributed by atoms with Crippen molar-refractivity contribution >= 4 is 5.97 Å². The largest absolute Gasteiger partial charge is 0.457 e. The molecular formula is C11H20O5. The summed E-state index contributed by atoms with van der Waals surface area (Å²) >= 11 is 0. The molecule has 0 aromatic heterocycles. The van der Waals surface area contributed by atoms with E-state index in [0.717, 1.165) is 19.3 Å². The third-order valence-corrected chi connectivity index (χ3v) is 2.59. The number of ether oxygens (including phenoxy) is 2. The van der Waals surface area contributed by atoms with E-state index in [1.54, 1.807) is 0 Å². The van der Waals surface area contributed by atoms with Crippen LogP contribution < -0.4 is 0 Å². The van der Waals surface area contributed by atoms with Gasteiger partial charge in [0.2, 0.25) is 0 Å². The Morgan fingerprint density at radius 2 is 1.94 bits per heavy atom. The van der Waals surface area contributed by atoms with E-state index in [0.29, 0.717) is 6.42 Å². The Balaban J connectivity index is 2.30. The lowest BCUT2D eigenvalue weighted by Gasteiger charge is -2.31. The summed E-state index contributed by atoms with van der Waals surface area (Å²) in [6.45, 7) is 2.26. The van der Waals surface area contributed by atoms with E-state index in [1.165, 1.54) is 0 Å². The minimum Gasteiger partial charge on any atom is -0.457 e. The smallest absolute Gasteiger partial charge is 0.306 e. The summed E-state index contributed by atoms with van der Waals surface area (Å²) in [7, 11) is 0. The van der Waals surface area contributed by atoms with Crippen molar-refractivity contribution in [1.82, 2.24) is 0 Å². The van der Waals surface area contributed by atoms with Crippen LogP contribution in [0.3, 0.4) is 0 Å². The maximum atomic E-state index is 11.4.